The first-order valence-electron chi connectivity index (χ1n) is 3.85. The molecule has 2 rings (SSSR count). The van der Waals surface area contributed by atoms with E-state index < -0.39 is 18.1 Å². The standard InChI is InChI=1S/C7H11F2NO/c8-7(9)3-6(11-5-7)1-2-10-4-6/h10H,1-5H2. The number of hydrogen-bond acceptors (Lipinski definition) is 2. The molecule has 2 nitrogen and oxygen atoms in total. The maximum absolute atomic E-state index is 12.7. The van der Waals surface area contributed by atoms with Crippen molar-refractivity contribution in [1.29, 1.82) is 0 Å². The van der Waals surface area contributed by atoms with Gasteiger partial charge in [0.1, 0.15) is 6.61 Å². The summed E-state index contributed by atoms with van der Waals surface area (Å²) < 4.78 is 30.5. The van der Waals surface area contributed by atoms with Crippen LogP contribution in [0.2, 0.25) is 0 Å². The van der Waals surface area contributed by atoms with Gasteiger partial charge in [0.25, 0.3) is 5.92 Å². The van der Waals surface area contributed by atoms with E-state index in [9.17, 15) is 8.78 Å². The van der Waals surface area contributed by atoms with E-state index in [-0.39, 0.29) is 6.42 Å². The van der Waals surface area contributed by atoms with Gasteiger partial charge in [-0.2, -0.15) is 0 Å². The van der Waals surface area contributed by atoms with Gasteiger partial charge >= 0.3 is 0 Å². The van der Waals surface area contributed by atoms with Crippen molar-refractivity contribution in [3.63, 3.8) is 0 Å². The van der Waals surface area contributed by atoms with Crippen LogP contribution in [0.4, 0.5) is 8.78 Å². The summed E-state index contributed by atoms with van der Waals surface area (Å²) in [6.45, 7) is 0.993. The smallest absolute Gasteiger partial charge is 0.273 e. The van der Waals surface area contributed by atoms with E-state index in [1.807, 2.05) is 0 Å². The Labute approximate surface area is 63.9 Å². The average molecular weight is 163 g/mol. The van der Waals surface area contributed by atoms with Crippen molar-refractivity contribution in [2.75, 3.05) is 19.7 Å². The lowest BCUT2D eigenvalue weighted by Gasteiger charge is -2.19. The minimum Gasteiger partial charge on any atom is -0.367 e. The molecular formula is C7H11F2NO. The van der Waals surface area contributed by atoms with E-state index in [4.69, 9.17) is 4.74 Å². The molecule has 1 N–H and O–H groups in total. The van der Waals surface area contributed by atoms with Crippen molar-refractivity contribution in [3.8, 4) is 0 Å². The maximum atomic E-state index is 12.7. The van der Waals surface area contributed by atoms with Gasteiger partial charge in [0, 0.05) is 13.0 Å². The molecule has 1 spiro atoms. The zero-order valence-corrected chi connectivity index (χ0v) is 6.20. The zero-order valence-electron chi connectivity index (χ0n) is 6.20. The fourth-order valence-electron chi connectivity index (χ4n) is 1.83. The van der Waals surface area contributed by atoms with Crippen LogP contribution in [0.25, 0.3) is 0 Å². The number of nitrogens with one attached hydrogen (secondary N) is 1. The highest BCUT2D eigenvalue weighted by Crippen LogP contribution is 2.40. The Morgan fingerprint density at radius 1 is 1.36 bits per heavy atom. The van der Waals surface area contributed by atoms with E-state index in [0.717, 1.165) is 13.0 Å². The summed E-state index contributed by atoms with van der Waals surface area (Å²) in [6.07, 6.45) is 0.621. The fourth-order valence-corrected chi connectivity index (χ4v) is 1.83. The Morgan fingerprint density at radius 3 is 2.64 bits per heavy atom. The van der Waals surface area contributed by atoms with Gasteiger partial charge in [-0.25, -0.2) is 8.78 Å². The molecule has 1 atom stereocenters. The Morgan fingerprint density at radius 2 is 2.18 bits per heavy atom. The highest BCUT2D eigenvalue weighted by atomic mass is 19.3. The van der Waals surface area contributed by atoms with E-state index in [1.165, 1.54) is 0 Å². The molecule has 2 heterocycles. The molecule has 2 saturated heterocycles. The Balaban J connectivity index is 2.07. The van der Waals surface area contributed by atoms with Crippen LogP contribution in [0.5, 0.6) is 0 Å². The molecule has 64 valence electrons. The molecule has 2 fully saturated rings. The lowest BCUT2D eigenvalue weighted by atomic mass is 9.98. The first-order chi connectivity index (χ1) is 5.12. The first kappa shape index (κ1) is 7.43. The molecule has 0 amide bonds. The number of ether oxygens (including phenoxy) is 1. The van der Waals surface area contributed by atoms with Crippen LogP contribution in [-0.4, -0.2) is 31.2 Å². The summed E-state index contributed by atoms with van der Waals surface area (Å²) in [4.78, 5) is 0. The summed E-state index contributed by atoms with van der Waals surface area (Å²) in [5.74, 6) is -2.59. The largest absolute Gasteiger partial charge is 0.367 e. The number of rotatable bonds is 0. The summed E-state index contributed by atoms with van der Waals surface area (Å²) in [5, 5.41) is 3.03. The Hall–Kier alpha value is -0.220. The number of alkyl halides is 2. The molecule has 4 heteroatoms. The van der Waals surface area contributed by atoms with Crippen molar-refractivity contribution >= 4 is 0 Å². The predicted molar refractivity (Wildman–Crippen MR) is 35.7 cm³/mol. The van der Waals surface area contributed by atoms with Crippen LogP contribution in [-0.2, 0) is 4.74 Å². The first-order valence-corrected chi connectivity index (χ1v) is 3.85. The second-order valence-corrected chi connectivity index (χ2v) is 3.43. The molecule has 2 aliphatic heterocycles. The van der Waals surface area contributed by atoms with Crippen LogP contribution in [0.1, 0.15) is 12.8 Å². The molecule has 0 aromatic rings. The summed E-state index contributed by atoms with van der Waals surface area (Å²) in [5.41, 5.74) is -0.538. The van der Waals surface area contributed by atoms with Gasteiger partial charge in [0.2, 0.25) is 0 Å². The van der Waals surface area contributed by atoms with Gasteiger partial charge < -0.3 is 10.1 Å². The van der Waals surface area contributed by atoms with E-state index in [2.05, 4.69) is 5.32 Å². The van der Waals surface area contributed by atoms with E-state index in [0.29, 0.717) is 6.54 Å². The van der Waals surface area contributed by atoms with Crippen molar-refractivity contribution in [1.82, 2.24) is 5.32 Å². The van der Waals surface area contributed by atoms with Crippen molar-refractivity contribution in [3.05, 3.63) is 0 Å². The third kappa shape index (κ3) is 1.25. The van der Waals surface area contributed by atoms with E-state index in [1.54, 1.807) is 0 Å². The van der Waals surface area contributed by atoms with E-state index >= 15 is 0 Å². The van der Waals surface area contributed by atoms with Gasteiger partial charge in [0.05, 0.1) is 5.60 Å². The molecule has 2 aliphatic rings. The molecular weight excluding hydrogens is 152 g/mol. The molecule has 0 aromatic heterocycles. The molecule has 0 radical (unpaired) electrons. The van der Waals surface area contributed by atoms with Crippen LogP contribution >= 0.6 is 0 Å². The highest BCUT2D eigenvalue weighted by Gasteiger charge is 2.51. The normalized spacial score (nSPS) is 42.0. The summed E-state index contributed by atoms with van der Waals surface area (Å²) >= 11 is 0. The SMILES string of the molecule is FC1(F)COC2(CCNC2)C1. The van der Waals surface area contributed by atoms with Gasteiger partial charge in [-0.3, -0.25) is 0 Å². The summed E-state index contributed by atoms with van der Waals surface area (Å²) in [6, 6.07) is 0. The average Bonchev–Trinajstić information content (AvgIpc) is 2.43. The van der Waals surface area contributed by atoms with Crippen LogP contribution < -0.4 is 5.32 Å². The van der Waals surface area contributed by atoms with Crippen LogP contribution in [0.3, 0.4) is 0 Å². The fraction of sp³-hybridized carbons (Fsp3) is 1.00. The van der Waals surface area contributed by atoms with Crippen LogP contribution in [0, 0.1) is 0 Å². The second kappa shape index (κ2) is 2.14. The van der Waals surface area contributed by atoms with Gasteiger partial charge in [0.15, 0.2) is 0 Å². The topological polar surface area (TPSA) is 21.3 Å². The van der Waals surface area contributed by atoms with Gasteiger partial charge in [-0.15, -0.1) is 0 Å². The van der Waals surface area contributed by atoms with Gasteiger partial charge in [-0.1, -0.05) is 0 Å². The molecule has 0 saturated carbocycles. The lowest BCUT2D eigenvalue weighted by molar-refractivity contribution is -0.0195. The lowest BCUT2D eigenvalue weighted by Crippen LogP contribution is -2.31. The third-order valence-corrected chi connectivity index (χ3v) is 2.37. The Kier molecular flexibility index (Phi) is 1.44. The summed E-state index contributed by atoms with van der Waals surface area (Å²) in [7, 11) is 0. The second-order valence-electron chi connectivity index (χ2n) is 3.43. The minimum absolute atomic E-state index is 0.104. The molecule has 11 heavy (non-hydrogen) atoms. The van der Waals surface area contributed by atoms with Crippen molar-refractivity contribution in [2.45, 2.75) is 24.4 Å². The minimum atomic E-state index is -2.59. The van der Waals surface area contributed by atoms with Gasteiger partial charge in [-0.05, 0) is 13.0 Å². The Bertz CT molecular complexity index is 166. The predicted octanol–water partition coefficient (Wildman–Crippen LogP) is 0.774. The van der Waals surface area contributed by atoms with Crippen molar-refractivity contribution in [2.24, 2.45) is 0 Å². The van der Waals surface area contributed by atoms with Crippen LogP contribution in [0.15, 0.2) is 0 Å². The molecule has 0 bridgehead atoms. The molecule has 0 aromatic carbocycles. The number of hydrogen-bond donors (Lipinski definition) is 1. The van der Waals surface area contributed by atoms with Crippen molar-refractivity contribution < 1.29 is 13.5 Å². The third-order valence-electron chi connectivity index (χ3n) is 2.37. The molecule has 1 unspecified atom stereocenters. The quantitative estimate of drug-likeness (QED) is 0.569. The molecule has 0 aliphatic carbocycles. The zero-order chi connectivity index (χ0) is 7.95. The maximum Gasteiger partial charge on any atom is 0.273 e. The number of halogens is 2. The monoisotopic (exact) mass is 163 g/mol. The highest BCUT2D eigenvalue weighted by molar-refractivity contribution is 4.98.